The summed E-state index contributed by atoms with van der Waals surface area (Å²) in [5.41, 5.74) is 0.320. The first-order valence-corrected chi connectivity index (χ1v) is 8.16. The van der Waals surface area contributed by atoms with Gasteiger partial charge in [0.05, 0.1) is 4.92 Å². The molecule has 1 atom stereocenters. The third-order valence-corrected chi connectivity index (χ3v) is 4.71. The molecular weight excluding hydrogens is 294 g/mol. The molecule has 0 bridgehead atoms. The molecule has 0 aliphatic heterocycles. The molecule has 1 aromatic rings. The van der Waals surface area contributed by atoms with Gasteiger partial charge in [-0.1, -0.05) is 19.1 Å². The number of nitrogens with one attached hydrogen (secondary N) is 2. The van der Waals surface area contributed by atoms with Gasteiger partial charge in [-0.15, -0.1) is 0 Å². The van der Waals surface area contributed by atoms with Crippen LogP contribution in [0, 0.1) is 24.0 Å². The summed E-state index contributed by atoms with van der Waals surface area (Å²) in [5.74, 6) is 0. The third-order valence-electron chi connectivity index (χ3n) is 3.11. The van der Waals surface area contributed by atoms with E-state index in [1.807, 2.05) is 13.8 Å². The first kappa shape index (κ1) is 17.5. The third kappa shape index (κ3) is 4.23. The monoisotopic (exact) mass is 315 g/mol. The number of nitro benzene ring substituents is 1. The molecule has 0 heterocycles. The van der Waals surface area contributed by atoms with E-state index in [4.69, 9.17) is 0 Å². The number of aryl methyl sites for hydroxylation is 2. The molecule has 0 saturated carbocycles. The van der Waals surface area contributed by atoms with Gasteiger partial charge in [-0.05, 0) is 32.9 Å². The van der Waals surface area contributed by atoms with E-state index >= 15 is 0 Å². The molecule has 0 aliphatic rings. The molecular formula is C13H21N3O4S. The van der Waals surface area contributed by atoms with Crippen molar-refractivity contribution in [3.63, 3.8) is 0 Å². The summed E-state index contributed by atoms with van der Waals surface area (Å²) in [6, 6.07) is 3.06. The van der Waals surface area contributed by atoms with E-state index in [1.54, 1.807) is 19.1 Å². The molecule has 0 unspecified atom stereocenters. The van der Waals surface area contributed by atoms with Crippen LogP contribution in [-0.2, 0) is 10.0 Å². The second-order valence-corrected chi connectivity index (χ2v) is 6.65. The molecule has 7 nitrogen and oxygen atoms in total. The Labute approximate surface area is 124 Å². The lowest BCUT2D eigenvalue weighted by atomic mass is 10.1. The number of hydrogen-bond acceptors (Lipinski definition) is 5. The smallest absolute Gasteiger partial charge is 0.292 e. The van der Waals surface area contributed by atoms with Gasteiger partial charge in [-0.3, -0.25) is 10.1 Å². The predicted molar refractivity (Wildman–Crippen MR) is 80.9 cm³/mol. The highest BCUT2D eigenvalue weighted by atomic mass is 32.2. The average molecular weight is 315 g/mol. The number of nitrogens with zero attached hydrogens (tertiary/aromatic N) is 1. The van der Waals surface area contributed by atoms with E-state index < -0.39 is 14.9 Å². The quantitative estimate of drug-likeness (QED) is 0.586. The zero-order chi connectivity index (χ0) is 16.2. The minimum atomic E-state index is -3.93. The van der Waals surface area contributed by atoms with Gasteiger partial charge in [0.1, 0.15) is 0 Å². The highest BCUT2D eigenvalue weighted by Crippen LogP contribution is 2.30. The largest absolute Gasteiger partial charge is 0.313 e. The van der Waals surface area contributed by atoms with E-state index in [1.165, 1.54) is 6.92 Å². The topological polar surface area (TPSA) is 101 Å². The lowest BCUT2D eigenvalue weighted by Gasteiger charge is -2.15. The van der Waals surface area contributed by atoms with Crippen molar-refractivity contribution in [1.29, 1.82) is 0 Å². The van der Waals surface area contributed by atoms with Crippen LogP contribution in [0.1, 0.15) is 25.0 Å². The molecule has 0 aromatic heterocycles. The van der Waals surface area contributed by atoms with Crippen LogP contribution in [-0.4, -0.2) is 32.5 Å². The number of likely N-dealkylation sites (N-methyl/N-ethyl adjacent to an activating group) is 1. The molecule has 0 radical (unpaired) electrons. The lowest BCUT2D eigenvalue weighted by Crippen LogP contribution is -2.39. The summed E-state index contributed by atoms with van der Waals surface area (Å²) in [7, 11) is -3.93. The van der Waals surface area contributed by atoms with E-state index in [2.05, 4.69) is 10.0 Å². The summed E-state index contributed by atoms with van der Waals surface area (Å²) < 4.78 is 27.2. The molecule has 21 heavy (non-hydrogen) atoms. The number of nitro groups is 1. The normalized spacial score (nSPS) is 13.1. The van der Waals surface area contributed by atoms with Gasteiger partial charge in [0.15, 0.2) is 4.90 Å². The Morgan fingerprint density at radius 1 is 1.29 bits per heavy atom. The Morgan fingerprint density at radius 3 is 2.38 bits per heavy atom. The van der Waals surface area contributed by atoms with Crippen molar-refractivity contribution >= 4 is 15.7 Å². The van der Waals surface area contributed by atoms with E-state index in [0.29, 0.717) is 17.7 Å². The molecule has 0 spiro atoms. The van der Waals surface area contributed by atoms with Crippen LogP contribution < -0.4 is 10.0 Å². The standard InChI is InChI=1S/C13H21N3O4S/c1-5-14-11(4)8-15-21(19,20)13-10(3)7-6-9(2)12(13)16(17)18/h6-7,11,14-15H,5,8H2,1-4H3/t11-/m1/s1. The zero-order valence-electron chi connectivity index (χ0n) is 12.6. The van der Waals surface area contributed by atoms with Crippen LogP contribution in [0.25, 0.3) is 0 Å². The minimum absolute atomic E-state index is 0.0612. The molecule has 0 aliphatic carbocycles. The Bertz CT molecular complexity index is 629. The molecule has 2 N–H and O–H groups in total. The molecule has 0 amide bonds. The second-order valence-electron chi connectivity index (χ2n) is 4.94. The van der Waals surface area contributed by atoms with Crippen molar-refractivity contribution in [3.05, 3.63) is 33.4 Å². The summed E-state index contributed by atoms with van der Waals surface area (Å²) in [6.07, 6.45) is 0. The maximum Gasteiger partial charge on any atom is 0.292 e. The summed E-state index contributed by atoms with van der Waals surface area (Å²) in [5, 5.41) is 14.3. The van der Waals surface area contributed by atoms with Crippen molar-refractivity contribution < 1.29 is 13.3 Å². The molecule has 1 rings (SSSR count). The van der Waals surface area contributed by atoms with Gasteiger partial charge in [0, 0.05) is 18.2 Å². The fourth-order valence-corrected chi connectivity index (χ4v) is 3.66. The van der Waals surface area contributed by atoms with Crippen molar-refractivity contribution in [2.75, 3.05) is 13.1 Å². The van der Waals surface area contributed by atoms with Crippen LogP contribution in [0.15, 0.2) is 17.0 Å². The number of hydrogen-bond donors (Lipinski definition) is 2. The molecule has 8 heteroatoms. The summed E-state index contributed by atoms with van der Waals surface area (Å²) in [6.45, 7) is 7.71. The predicted octanol–water partition coefficient (Wildman–Crippen LogP) is 1.49. The maximum absolute atomic E-state index is 12.4. The number of rotatable bonds is 7. The number of sulfonamides is 1. The zero-order valence-corrected chi connectivity index (χ0v) is 13.5. The molecule has 0 fully saturated rings. The Morgan fingerprint density at radius 2 is 1.86 bits per heavy atom. The Balaban J connectivity index is 3.20. The van der Waals surface area contributed by atoms with Crippen molar-refractivity contribution in [2.45, 2.75) is 38.6 Å². The fourth-order valence-electron chi connectivity index (χ4n) is 2.06. The maximum atomic E-state index is 12.4. The Kier molecular flexibility index (Phi) is 5.82. The van der Waals surface area contributed by atoms with Crippen LogP contribution in [0.2, 0.25) is 0 Å². The minimum Gasteiger partial charge on any atom is -0.313 e. The van der Waals surface area contributed by atoms with E-state index in [0.717, 1.165) is 0 Å². The average Bonchev–Trinajstić information content (AvgIpc) is 2.38. The van der Waals surface area contributed by atoms with E-state index in [-0.39, 0.29) is 23.2 Å². The first-order valence-electron chi connectivity index (χ1n) is 6.68. The van der Waals surface area contributed by atoms with Crippen molar-refractivity contribution in [3.8, 4) is 0 Å². The highest BCUT2D eigenvalue weighted by Gasteiger charge is 2.29. The van der Waals surface area contributed by atoms with Gasteiger partial charge < -0.3 is 5.32 Å². The van der Waals surface area contributed by atoms with Crippen molar-refractivity contribution in [1.82, 2.24) is 10.0 Å². The molecule has 1 aromatic carbocycles. The molecule has 0 saturated heterocycles. The summed E-state index contributed by atoms with van der Waals surface area (Å²) in [4.78, 5) is 10.3. The van der Waals surface area contributed by atoms with Crippen LogP contribution >= 0.6 is 0 Å². The van der Waals surface area contributed by atoms with Crippen molar-refractivity contribution in [2.24, 2.45) is 0 Å². The van der Waals surface area contributed by atoms with Gasteiger partial charge in [0.2, 0.25) is 10.0 Å². The van der Waals surface area contributed by atoms with Gasteiger partial charge in [-0.25, -0.2) is 13.1 Å². The second kappa shape index (κ2) is 6.97. The van der Waals surface area contributed by atoms with E-state index in [9.17, 15) is 18.5 Å². The van der Waals surface area contributed by atoms with Gasteiger partial charge >= 0.3 is 0 Å². The molecule has 118 valence electrons. The highest BCUT2D eigenvalue weighted by molar-refractivity contribution is 7.89. The Hall–Kier alpha value is -1.51. The van der Waals surface area contributed by atoms with Gasteiger partial charge in [-0.2, -0.15) is 0 Å². The fraction of sp³-hybridized carbons (Fsp3) is 0.538. The van der Waals surface area contributed by atoms with Crippen LogP contribution in [0.4, 0.5) is 5.69 Å². The van der Waals surface area contributed by atoms with Crippen LogP contribution in [0.5, 0.6) is 0 Å². The van der Waals surface area contributed by atoms with Crippen LogP contribution in [0.3, 0.4) is 0 Å². The first-order chi connectivity index (χ1) is 9.70. The van der Waals surface area contributed by atoms with Gasteiger partial charge in [0.25, 0.3) is 5.69 Å². The lowest BCUT2D eigenvalue weighted by molar-refractivity contribution is -0.388. The number of benzene rings is 1. The SMILES string of the molecule is CCN[C@H](C)CNS(=O)(=O)c1c(C)ccc(C)c1[N+](=O)[O-]. The summed E-state index contributed by atoms with van der Waals surface area (Å²) >= 11 is 0.